The second-order valence-corrected chi connectivity index (χ2v) is 4.87. The van der Waals surface area contributed by atoms with Crippen molar-refractivity contribution in [3.63, 3.8) is 0 Å². The normalized spacial score (nSPS) is 9.23. The molecule has 0 unspecified atom stereocenters. The van der Waals surface area contributed by atoms with Crippen molar-refractivity contribution in [2.45, 2.75) is 13.3 Å². The summed E-state index contributed by atoms with van der Waals surface area (Å²) >= 11 is 11.2. The Bertz CT molecular complexity index is 762. The minimum Gasteiger partial charge on any atom is -0.207 e. The van der Waals surface area contributed by atoms with E-state index in [0.717, 1.165) is 6.07 Å². The summed E-state index contributed by atoms with van der Waals surface area (Å²) < 4.78 is 25.3. The van der Waals surface area contributed by atoms with E-state index in [4.69, 9.17) is 33.7 Å². The molecule has 2 rings (SSSR count). The van der Waals surface area contributed by atoms with Crippen LogP contribution in [0.4, 0.5) is 8.78 Å². The van der Waals surface area contributed by atoms with Gasteiger partial charge in [0, 0.05) is 5.56 Å². The first-order valence-corrected chi connectivity index (χ1v) is 6.92. The molecule has 22 heavy (non-hydrogen) atoms. The fraction of sp³-hybridized carbons (Fsp3) is 0.125. The van der Waals surface area contributed by atoms with E-state index in [-0.39, 0.29) is 15.9 Å². The van der Waals surface area contributed by atoms with Gasteiger partial charge in [0.25, 0.3) is 0 Å². The van der Waals surface area contributed by atoms with Gasteiger partial charge < -0.3 is 0 Å². The van der Waals surface area contributed by atoms with Gasteiger partial charge in [0.15, 0.2) is 0 Å². The summed E-state index contributed by atoms with van der Waals surface area (Å²) in [6.07, 6.45) is 0.500. The Morgan fingerprint density at radius 3 is 2.09 bits per heavy atom. The van der Waals surface area contributed by atoms with Crippen LogP contribution in [0.3, 0.4) is 0 Å². The minimum atomic E-state index is -0.427. The van der Waals surface area contributed by atoms with Crippen molar-refractivity contribution >= 4 is 23.2 Å². The molecule has 6 heteroatoms. The largest absolute Gasteiger partial charge is 0.207 e. The molecule has 0 amide bonds. The van der Waals surface area contributed by atoms with E-state index in [1.807, 2.05) is 12.1 Å². The molecule has 0 saturated carbocycles. The summed E-state index contributed by atoms with van der Waals surface area (Å²) in [5, 5.41) is 17.3. The lowest BCUT2D eigenvalue weighted by molar-refractivity contribution is 0.612. The SMILES string of the molecule is CCc1c(F)ccc(C#N)c1Cl.N#Cc1ccc(F)cc1Cl. The number of hydrogen-bond acceptors (Lipinski definition) is 2. The second kappa shape index (κ2) is 8.34. The zero-order chi connectivity index (χ0) is 16.7. The van der Waals surface area contributed by atoms with Gasteiger partial charge in [-0.05, 0) is 36.8 Å². The predicted octanol–water partition coefficient (Wildman–Crippen LogP) is 5.26. The topological polar surface area (TPSA) is 47.6 Å². The Balaban J connectivity index is 0.000000224. The van der Waals surface area contributed by atoms with E-state index < -0.39 is 5.82 Å². The Hall–Kier alpha value is -2.14. The molecule has 0 aromatic heterocycles. The Morgan fingerprint density at radius 1 is 1.00 bits per heavy atom. The third kappa shape index (κ3) is 4.43. The third-order valence-electron chi connectivity index (χ3n) is 2.71. The van der Waals surface area contributed by atoms with Crippen molar-refractivity contribution in [1.29, 1.82) is 10.5 Å². The third-order valence-corrected chi connectivity index (χ3v) is 3.46. The molecule has 2 aromatic carbocycles. The molecule has 2 aromatic rings. The van der Waals surface area contributed by atoms with Crippen LogP contribution < -0.4 is 0 Å². The van der Waals surface area contributed by atoms with E-state index in [0.29, 0.717) is 23.1 Å². The highest BCUT2D eigenvalue weighted by Crippen LogP contribution is 2.23. The van der Waals surface area contributed by atoms with Crippen molar-refractivity contribution in [3.8, 4) is 12.1 Å². The van der Waals surface area contributed by atoms with E-state index in [2.05, 4.69) is 0 Å². The Morgan fingerprint density at radius 2 is 1.59 bits per heavy atom. The van der Waals surface area contributed by atoms with Crippen molar-refractivity contribution < 1.29 is 8.78 Å². The lowest BCUT2D eigenvalue weighted by Crippen LogP contribution is -1.91. The molecular weight excluding hydrogens is 329 g/mol. The highest BCUT2D eigenvalue weighted by Gasteiger charge is 2.08. The molecule has 0 aliphatic heterocycles. The second-order valence-electron chi connectivity index (χ2n) is 4.09. The van der Waals surface area contributed by atoms with Crippen LogP contribution in [-0.2, 0) is 6.42 Å². The van der Waals surface area contributed by atoms with Gasteiger partial charge in [0.1, 0.15) is 23.8 Å². The summed E-state index contributed by atoms with van der Waals surface area (Å²) in [5.74, 6) is -0.773. The van der Waals surface area contributed by atoms with Gasteiger partial charge in [-0.15, -0.1) is 0 Å². The first-order chi connectivity index (χ1) is 10.4. The van der Waals surface area contributed by atoms with Gasteiger partial charge in [-0.3, -0.25) is 0 Å². The lowest BCUT2D eigenvalue weighted by atomic mass is 10.1. The first kappa shape index (κ1) is 17.9. The molecule has 0 aliphatic carbocycles. The average Bonchev–Trinajstić information content (AvgIpc) is 2.49. The molecule has 0 aliphatic rings. The molecule has 0 radical (unpaired) electrons. The van der Waals surface area contributed by atoms with Crippen LogP contribution in [0, 0.1) is 34.3 Å². The molecule has 0 fully saturated rings. The van der Waals surface area contributed by atoms with Crippen LogP contribution in [-0.4, -0.2) is 0 Å². The Kier molecular flexibility index (Phi) is 6.79. The number of hydrogen-bond donors (Lipinski definition) is 0. The summed E-state index contributed by atoms with van der Waals surface area (Å²) in [6.45, 7) is 1.80. The van der Waals surface area contributed by atoms with Gasteiger partial charge in [-0.25, -0.2) is 8.78 Å². The maximum absolute atomic E-state index is 13.0. The zero-order valence-corrected chi connectivity index (χ0v) is 13.0. The fourth-order valence-electron chi connectivity index (χ4n) is 1.59. The molecule has 112 valence electrons. The van der Waals surface area contributed by atoms with E-state index in [9.17, 15) is 8.78 Å². The molecule has 0 bridgehead atoms. The van der Waals surface area contributed by atoms with Crippen molar-refractivity contribution in [3.05, 3.63) is 68.7 Å². The van der Waals surface area contributed by atoms with Crippen molar-refractivity contribution in [2.24, 2.45) is 0 Å². The van der Waals surface area contributed by atoms with Crippen molar-refractivity contribution in [1.82, 2.24) is 0 Å². The quantitative estimate of drug-likeness (QED) is 0.711. The average molecular weight is 339 g/mol. The highest BCUT2D eigenvalue weighted by atomic mass is 35.5. The standard InChI is InChI=1S/C9H7ClFN.C7H3ClFN/c1-2-7-8(11)4-3-6(5-12)9(7)10;8-7-3-6(9)2-1-5(7)4-10/h3-4H,2H2,1H3;1-3H. The van der Waals surface area contributed by atoms with Crippen molar-refractivity contribution in [2.75, 3.05) is 0 Å². The monoisotopic (exact) mass is 338 g/mol. The molecule has 2 nitrogen and oxygen atoms in total. The van der Waals surface area contributed by atoms with E-state index in [1.165, 1.54) is 24.3 Å². The van der Waals surface area contributed by atoms with Crippen LogP contribution in [0.25, 0.3) is 0 Å². The predicted molar refractivity (Wildman–Crippen MR) is 81.6 cm³/mol. The number of nitriles is 2. The molecule has 0 spiro atoms. The summed E-state index contributed by atoms with van der Waals surface area (Å²) in [5.41, 5.74) is 1.04. The van der Waals surface area contributed by atoms with E-state index in [1.54, 1.807) is 6.92 Å². The summed E-state index contributed by atoms with van der Waals surface area (Å²) in [6, 6.07) is 10.0. The fourth-order valence-corrected chi connectivity index (χ4v) is 2.13. The molecular formula is C16H10Cl2F2N2. The first-order valence-electron chi connectivity index (χ1n) is 6.16. The molecule has 0 N–H and O–H groups in total. The molecule has 0 saturated heterocycles. The van der Waals surface area contributed by atoms with Crippen LogP contribution in [0.1, 0.15) is 23.6 Å². The Labute approximate surface area is 137 Å². The van der Waals surface area contributed by atoms with Gasteiger partial charge in [-0.2, -0.15) is 10.5 Å². The van der Waals surface area contributed by atoms with Gasteiger partial charge in [-0.1, -0.05) is 30.1 Å². The van der Waals surface area contributed by atoms with Gasteiger partial charge in [0.2, 0.25) is 0 Å². The van der Waals surface area contributed by atoms with Crippen LogP contribution in [0.15, 0.2) is 30.3 Å². The van der Waals surface area contributed by atoms with Crippen LogP contribution >= 0.6 is 23.2 Å². The van der Waals surface area contributed by atoms with E-state index >= 15 is 0 Å². The lowest BCUT2D eigenvalue weighted by Gasteiger charge is -2.03. The van der Waals surface area contributed by atoms with Crippen LogP contribution in [0.2, 0.25) is 10.0 Å². The number of rotatable bonds is 1. The van der Waals surface area contributed by atoms with Gasteiger partial charge >= 0.3 is 0 Å². The van der Waals surface area contributed by atoms with Gasteiger partial charge in [0.05, 0.1) is 21.2 Å². The summed E-state index contributed by atoms with van der Waals surface area (Å²) in [4.78, 5) is 0. The molecule has 0 atom stereocenters. The van der Waals surface area contributed by atoms with Crippen LogP contribution in [0.5, 0.6) is 0 Å². The zero-order valence-electron chi connectivity index (χ0n) is 11.5. The maximum Gasteiger partial charge on any atom is 0.127 e. The summed E-state index contributed by atoms with van der Waals surface area (Å²) in [7, 11) is 0. The highest BCUT2D eigenvalue weighted by molar-refractivity contribution is 6.32. The number of nitrogens with zero attached hydrogens (tertiary/aromatic N) is 2. The number of halogens is 4. The smallest absolute Gasteiger partial charge is 0.127 e. The maximum atomic E-state index is 13.0. The molecule has 0 heterocycles. The number of benzene rings is 2. The minimum absolute atomic E-state index is 0.155.